The van der Waals surface area contributed by atoms with E-state index in [1.165, 1.54) is 4.68 Å². The van der Waals surface area contributed by atoms with Crippen LogP contribution in [0.2, 0.25) is 0 Å². The van der Waals surface area contributed by atoms with Crippen LogP contribution in [0.25, 0.3) is 0 Å². The van der Waals surface area contributed by atoms with Gasteiger partial charge in [0.1, 0.15) is 12.4 Å². The van der Waals surface area contributed by atoms with Crippen molar-refractivity contribution in [3.63, 3.8) is 0 Å². The monoisotopic (exact) mass is 345 g/mol. The first-order chi connectivity index (χ1) is 12.0. The van der Waals surface area contributed by atoms with E-state index in [1.807, 2.05) is 13.0 Å². The van der Waals surface area contributed by atoms with Crippen molar-refractivity contribution < 1.29 is 14.6 Å². The first-order valence-electron chi connectivity index (χ1n) is 8.23. The topological polar surface area (TPSA) is 115 Å². The highest BCUT2D eigenvalue weighted by molar-refractivity contribution is 5.76. The molecule has 8 nitrogen and oxygen atoms in total. The van der Waals surface area contributed by atoms with Crippen molar-refractivity contribution in [3.05, 3.63) is 35.7 Å². The molecule has 0 spiro atoms. The number of nitrogens with two attached hydrogens (primary N) is 1. The maximum atomic E-state index is 12.5. The molecule has 25 heavy (non-hydrogen) atoms. The minimum Gasteiger partial charge on any atom is -0.481 e. The number of hydrogen-bond acceptors (Lipinski definition) is 6. The van der Waals surface area contributed by atoms with E-state index >= 15 is 0 Å². The minimum atomic E-state index is -0.306. The van der Waals surface area contributed by atoms with Crippen LogP contribution in [0.3, 0.4) is 0 Å². The lowest BCUT2D eigenvalue weighted by Gasteiger charge is -2.38. The number of hydrogen-bond donors (Lipinski definition) is 3. The summed E-state index contributed by atoms with van der Waals surface area (Å²) in [6.45, 7) is 1.88. The molecule has 3 rings (SSSR count). The SMILES string of the molecule is COc1ccc([C@@H](NC(=O)Cn2nc(C)cc2N)C2CC(O)C2)cn1. The van der Waals surface area contributed by atoms with Crippen LogP contribution in [0, 0.1) is 12.8 Å². The number of ether oxygens (including phenoxy) is 1. The molecule has 0 aliphatic heterocycles. The molecule has 1 aliphatic rings. The van der Waals surface area contributed by atoms with E-state index < -0.39 is 0 Å². The van der Waals surface area contributed by atoms with Crippen molar-refractivity contribution in [2.45, 2.75) is 38.5 Å². The van der Waals surface area contributed by atoms with Crippen LogP contribution >= 0.6 is 0 Å². The van der Waals surface area contributed by atoms with Crippen LogP contribution in [0.1, 0.15) is 30.1 Å². The van der Waals surface area contributed by atoms with Crippen LogP contribution in [0.5, 0.6) is 5.88 Å². The molecule has 2 aromatic heterocycles. The third-order valence-electron chi connectivity index (χ3n) is 4.49. The molecule has 0 unspecified atom stereocenters. The average molecular weight is 345 g/mol. The molecule has 1 amide bonds. The van der Waals surface area contributed by atoms with Gasteiger partial charge >= 0.3 is 0 Å². The number of methoxy groups -OCH3 is 1. The van der Waals surface area contributed by atoms with Gasteiger partial charge in [-0.3, -0.25) is 4.79 Å². The lowest BCUT2D eigenvalue weighted by molar-refractivity contribution is -0.123. The second-order valence-electron chi connectivity index (χ2n) is 6.43. The van der Waals surface area contributed by atoms with Crippen molar-refractivity contribution in [1.29, 1.82) is 0 Å². The number of pyridine rings is 1. The zero-order valence-corrected chi connectivity index (χ0v) is 14.3. The second kappa shape index (κ2) is 7.10. The average Bonchev–Trinajstić information content (AvgIpc) is 2.87. The van der Waals surface area contributed by atoms with Gasteiger partial charge in [-0.25, -0.2) is 9.67 Å². The molecule has 0 aromatic carbocycles. The van der Waals surface area contributed by atoms with E-state index in [1.54, 1.807) is 25.4 Å². The molecule has 1 fully saturated rings. The van der Waals surface area contributed by atoms with Crippen molar-refractivity contribution in [2.75, 3.05) is 12.8 Å². The minimum absolute atomic E-state index is 0.0506. The first-order valence-corrected chi connectivity index (χ1v) is 8.23. The van der Waals surface area contributed by atoms with E-state index in [0.29, 0.717) is 24.5 Å². The van der Waals surface area contributed by atoms with E-state index in [-0.39, 0.29) is 30.5 Å². The Morgan fingerprint density at radius 1 is 1.52 bits per heavy atom. The Kier molecular flexibility index (Phi) is 4.89. The van der Waals surface area contributed by atoms with Gasteiger partial charge < -0.3 is 20.9 Å². The summed E-state index contributed by atoms with van der Waals surface area (Å²) in [5.74, 6) is 0.958. The van der Waals surface area contributed by atoms with Gasteiger partial charge in [0.2, 0.25) is 11.8 Å². The van der Waals surface area contributed by atoms with Gasteiger partial charge in [0.25, 0.3) is 0 Å². The normalized spacial score (nSPS) is 20.6. The maximum Gasteiger partial charge on any atom is 0.242 e. The molecule has 1 saturated carbocycles. The fraction of sp³-hybridized carbons (Fsp3) is 0.471. The summed E-state index contributed by atoms with van der Waals surface area (Å²) in [4.78, 5) is 16.7. The number of nitrogens with one attached hydrogen (secondary N) is 1. The summed E-state index contributed by atoms with van der Waals surface area (Å²) < 4.78 is 6.55. The van der Waals surface area contributed by atoms with Crippen molar-refractivity contribution >= 4 is 11.7 Å². The van der Waals surface area contributed by atoms with E-state index in [4.69, 9.17) is 10.5 Å². The lowest BCUT2D eigenvalue weighted by atomic mass is 9.75. The largest absolute Gasteiger partial charge is 0.481 e. The van der Waals surface area contributed by atoms with Gasteiger partial charge in [-0.1, -0.05) is 6.07 Å². The number of amides is 1. The second-order valence-corrected chi connectivity index (χ2v) is 6.43. The van der Waals surface area contributed by atoms with Crippen LogP contribution in [0.15, 0.2) is 24.4 Å². The number of aliphatic hydroxyl groups excluding tert-OH is 1. The zero-order valence-electron chi connectivity index (χ0n) is 14.3. The quantitative estimate of drug-likeness (QED) is 0.713. The number of aliphatic hydroxyl groups is 1. The summed E-state index contributed by atoms with van der Waals surface area (Å²) in [6.07, 6.45) is 2.70. The summed E-state index contributed by atoms with van der Waals surface area (Å²) >= 11 is 0. The Hall–Kier alpha value is -2.61. The fourth-order valence-electron chi connectivity index (χ4n) is 3.12. The number of aromatic nitrogens is 3. The number of carbonyl (C=O) groups is 1. The molecule has 4 N–H and O–H groups in total. The Bertz CT molecular complexity index is 737. The van der Waals surface area contributed by atoms with E-state index in [0.717, 1.165) is 11.3 Å². The van der Waals surface area contributed by atoms with Crippen LogP contribution < -0.4 is 15.8 Å². The number of rotatable bonds is 6. The molecule has 134 valence electrons. The zero-order chi connectivity index (χ0) is 18.0. The van der Waals surface area contributed by atoms with Crippen LogP contribution in [-0.4, -0.2) is 39.0 Å². The van der Waals surface area contributed by atoms with Crippen molar-refractivity contribution in [1.82, 2.24) is 20.1 Å². The highest BCUT2D eigenvalue weighted by atomic mass is 16.5. The van der Waals surface area contributed by atoms with Crippen molar-refractivity contribution in [3.8, 4) is 5.88 Å². The highest BCUT2D eigenvalue weighted by Gasteiger charge is 2.35. The van der Waals surface area contributed by atoms with Gasteiger partial charge in [0.05, 0.1) is 24.9 Å². The maximum absolute atomic E-state index is 12.5. The number of nitrogens with zero attached hydrogens (tertiary/aromatic N) is 3. The van der Waals surface area contributed by atoms with E-state index in [9.17, 15) is 9.90 Å². The fourth-order valence-corrected chi connectivity index (χ4v) is 3.12. The van der Waals surface area contributed by atoms with Crippen LogP contribution in [-0.2, 0) is 11.3 Å². The van der Waals surface area contributed by atoms with Crippen molar-refractivity contribution in [2.24, 2.45) is 5.92 Å². The van der Waals surface area contributed by atoms with E-state index in [2.05, 4.69) is 15.4 Å². The molecular weight excluding hydrogens is 322 g/mol. The smallest absolute Gasteiger partial charge is 0.242 e. The third kappa shape index (κ3) is 3.90. The highest BCUT2D eigenvalue weighted by Crippen LogP contribution is 2.38. The molecule has 2 aromatic rings. The summed E-state index contributed by atoms with van der Waals surface area (Å²) in [7, 11) is 1.56. The Balaban J connectivity index is 1.72. The lowest BCUT2D eigenvalue weighted by Crippen LogP contribution is -2.42. The summed E-state index contributed by atoms with van der Waals surface area (Å²) in [6, 6.07) is 5.15. The molecule has 0 radical (unpaired) electrons. The molecule has 0 bridgehead atoms. The van der Waals surface area contributed by atoms with Crippen LogP contribution in [0.4, 0.5) is 5.82 Å². The summed E-state index contributed by atoms with van der Waals surface area (Å²) in [5.41, 5.74) is 7.49. The first kappa shape index (κ1) is 17.2. The van der Waals surface area contributed by atoms with Gasteiger partial charge in [0, 0.05) is 18.3 Å². The molecule has 2 heterocycles. The molecule has 1 aliphatic carbocycles. The third-order valence-corrected chi connectivity index (χ3v) is 4.49. The van der Waals surface area contributed by atoms with Gasteiger partial charge in [0.15, 0.2) is 0 Å². The number of aryl methyl sites for hydroxylation is 1. The Morgan fingerprint density at radius 3 is 2.80 bits per heavy atom. The predicted molar refractivity (Wildman–Crippen MR) is 91.8 cm³/mol. The number of nitrogen functional groups attached to an aromatic ring is 1. The Morgan fingerprint density at radius 2 is 2.28 bits per heavy atom. The summed E-state index contributed by atoms with van der Waals surface area (Å²) in [5, 5.41) is 16.9. The van der Waals surface area contributed by atoms with Gasteiger partial charge in [-0.2, -0.15) is 5.10 Å². The van der Waals surface area contributed by atoms with Gasteiger partial charge in [-0.05, 0) is 31.2 Å². The molecule has 8 heteroatoms. The predicted octanol–water partition coefficient (Wildman–Crippen LogP) is 0.806. The molecular formula is C17H23N5O3. The molecule has 0 saturated heterocycles. The standard InChI is InChI=1S/C17H23N5O3/c1-10-5-14(18)22(21-10)9-15(24)20-17(12-6-13(23)7-12)11-3-4-16(25-2)19-8-11/h3-5,8,12-13,17,23H,6-7,9,18H2,1-2H3,(H,20,24)/t12?,13?,17-/m1/s1. The number of carbonyl (C=O) groups excluding carboxylic acids is 1. The number of anilines is 1. The molecule has 1 atom stereocenters. The van der Waals surface area contributed by atoms with Gasteiger partial charge in [-0.15, -0.1) is 0 Å². The Labute approximate surface area is 146 Å².